The highest BCUT2D eigenvalue weighted by Crippen LogP contribution is 2.56. The van der Waals surface area contributed by atoms with Gasteiger partial charge in [-0.3, -0.25) is 9.59 Å². The van der Waals surface area contributed by atoms with Crippen LogP contribution >= 0.6 is 0 Å². The van der Waals surface area contributed by atoms with Gasteiger partial charge in [-0.05, 0) is 68.0 Å². The zero-order chi connectivity index (χ0) is 28.5. The lowest BCUT2D eigenvalue weighted by molar-refractivity contribution is -0.145. The summed E-state index contributed by atoms with van der Waals surface area (Å²) in [6.45, 7) is 4.48. The van der Waals surface area contributed by atoms with E-state index in [1.54, 1.807) is 17.5 Å². The Hall–Kier alpha value is -4.14. The van der Waals surface area contributed by atoms with Crippen molar-refractivity contribution in [1.82, 2.24) is 19.5 Å². The van der Waals surface area contributed by atoms with Gasteiger partial charge in [-0.25, -0.2) is 18.3 Å². The van der Waals surface area contributed by atoms with Crippen LogP contribution in [0.15, 0.2) is 54.6 Å². The fraction of sp³-hybridized carbons (Fsp3) is 0.375. The molecule has 2 saturated carbocycles. The molecular formula is C32H30F2N4O3. The van der Waals surface area contributed by atoms with E-state index in [1.165, 1.54) is 17.7 Å². The number of aromatic nitrogens is 3. The summed E-state index contributed by atoms with van der Waals surface area (Å²) in [7, 11) is 0. The van der Waals surface area contributed by atoms with Crippen molar-refractivity contribution in [3.8, 4) is 11.3 Å². The molecule has 7 rings (SSSR count). The van der Waals surface area contributed by atoms with E-state index < -0.39 is 23.4 Å². The molecule has 210 valence electrons. The predicted molar refractivity (Wildman–Crippen MR) is 147 cm³/mol. The molecule has 3 aliphatic rings. The number of amides is 1. The Labute approximate surface area is 236 Å². The van der Waals surface area contributed by atoms with Crippen molar-refractivity contribution in [3.63, 3.8) is 0 Å². The fourth-order valence-corrected chi connectivity index (χ4v) is 6.16. The van der Waals surface area contributed by atoms with Gasteiger partial charge < -0.3 is 9.64 Å². The van der Waals surface area contributed by atoms with E-state index in [4.69, 9.17) is 4.74 Å². The van der Waals surface area contributed by atoms with Gasteiger partial charge in [0.25, 0.3) is 5.91 Å². The van der Waals surface area contributed by atoms with Crippen molar-refractivity contribution in [3.05, 3.63) is 88.5 Å². The molecule has 0 radical (unpaired) electrons. The Morgan fingerprint density at radius 1 is 1.12 bits per heavy atom. The van der Waals surface area contributed by atoms with Crippen LogP contribution in [0.4, 0.5) is 8.78 Å². The normalized spacial score (nSPS) is 23.4. The van der Waals surface area contributed by atoms with Gasteiger partial charge in [0.15, 0.2) is 5.65 Å². The van der Waals surface area contributed by atoms with Gasteiger partial charge in [-0.15, -0.1) is 0 Å². The predicted octanol–water partition coefficient (Wildman–Crippen LogP) is 5.92. The number of fused-ring (bicyclic) bond motifs is 2. The SMILES string of the molecule is CCOC(=O)C1C[C@]1(F)c1ccc(-c2cc3nc(C(=O)N4CCc5ccccc5[C@H]4C)cc(C4CC4)n3n2)c(F)c1. The number of rotatable bonds is 6. The summed E-state index contributed by atoms with van der Waals surface area (Å²) in [5, 5.41) is 4.66. The molecule has 0 spiro atoms. The maximum Gasteiger partial charge on any atom is 0.312 e. The lowest BCUT2D eigenvalue weighted by atomic mass is 9.93. The molecule has 7 nitrogen and oxygen atoms in total. The van der Waals surface area contributed by atoms with E-state index in [9.17, 15) is 9.59 Å². The first kappa shape index (κ1) is 25.8. The second-order valence-corrected chi connectivity index (χ2v) is 11.3. The molecule has 2 aliphatic carbocycles. The van der Waals surface area contributed by atoms with Gasteiger partial charge in [-0.1, -0.05) is 30.3 Å². The van der Waals surface area contributed by atoms with Crippen molar-refractivity contribution in [1.29, 1.82) is 0 Å². The summed E-state index contributed by atoms with van der Waals surface area (Å²) in [6, 6.07) is 15.7. The molecule has 0 bridgehead atoms. The van der Waals surface area contributed by atoms with Crippen LogP contribution in [0.2, 0.25) is 0 Å². The number of hydrogen-bond donors (Lipinski definition) is 0. The van der Waals surface area contributed by atoms with Crippen LogP contribution in [0.25, 0.3) is 16.9 Å². The van der Waals surface area contributed by atoms with Crippen LogP contribution in [0, 0.1) is 11.7 Å². The Morgan fingerprint density at radius 3 is 2.68 bits per heavy atom. The highest BCUT2D eigenvalue weighted by Gasteiger charge is 2.62. The zero-order valence-electron chi connectivity index (χ0n) is 22.9. The molecule has 2 fully saturated rings. The number of ether oxygens (including phenoxy) is 1. The number of alkyl halides is 1. The van der Waals surface area contributed by atoms with Crippen LogP contribution in [0.3, 0.4) is 0 Å². The van der Waals surface area contributed by atoms with Crippen molar-refractivity contribution >= 4 is 17.5 Å². The smallest absolute Gasteiger partial charge is 0.312 e. The number of carbonyl (C=O) groups excluding carboxylic acids is 2. The first-order valence-electron chi connectivity index (χ1n) is 14.2. The molecule has 4 aromatic rings. The largest absolute Gasteiger partial charge is 0.466 e. The van der Waals surface area contributed by atoms with Crippen LogP contribution in [0.1, 0.15) is 77.9 Å². The summed E-state index contributed by atoms with van der Waals surface area (Å²) >= 11 is 0. The third kappa shape index (κ3) is 4.29. The maximum atomic E-state index is 15.4. The second-order valence-electron chi connectivity index (χ2n) is 11.3. The monoisotopic (exact) mass is 556 g/mol. The van der Waals surface area contributed by atoms with Crippen LogP contribution < -0.4 is 0 Å². The summed E-state index contributed by atoms with van der Waals surface area (Å²) in [5.41, 5.74) is 2.84. The van der Waals surface area contributed by atoms with Crippen molar-refractivity contribution in [2.24, 2.45) is 5.92 Å². The van der Waals surface area contributed by atoms with Crippen LogP contribution in [-0.2, 0) is 21.6 Å². The van der Waals surface area contributed by atoms with E-state index in [-0.39, 0.29) is 42.0 Å². The zero-order valence-corrected chi connectivity index (χ0v) is 22.9. The molecule has 3 heterocycles. The number of carbonyl (C=O) groups is 2. The Bertz CT molecular complexity index is 1710. The first-order chi connectivity index (χ1) is 19.8. The van der Waals surface area contributed by atoms with Gasteiger partial charge in [0, 0.05) is 36.2 Å². The topological polar surface area (TPSA) is 76.8 Å². The van der Waals surface area contributed by atoms with Gasteiger partial charge in [0.05, 0.1) is 24.3 Å². The molecular weight excluding hydrogens is 526 g/mol. The van der Waals surface area contributed by atoms with Crippen molar-refractivity contribution in [2.75, 3.05) is 13.2 Å². The highest BCUT2D eigenvalue weighted by molar-refractivity contribution is 5.93. The van der Waals surface area contributed by atoms with Crippen molar-refractivity contribution < 1.29 is 23.1 Å². The molecule has 3 atom stereocenters. The summed E-state index contributed by atoms with van der Waals surface area (Å²) in [4.78, 5) is 32.3. The minimum Gasteiger partial charge on any atom is -0.466 e. The van der Waals surface area contributed by atoms with Crippen LogP contribution in [0.5, 0.6) is 0 Å². The standard InChI is InChI=1S/C32H30F2N4O3/c1-3-41-31(40)24-17-32(24,34)21-10-11-23(25(33)14-21)26-16-29-35-27(15-28(20-8-9-20)38(29)36-26)30(39)37-13-12-19-6-4-5-7-22(19)18(37)2/h4-7,10-11,14-16,18,20,24H,3,8-9,12-13,17H2,1-2H3/t18-,24?,32+/m1/s1. The van der Waals surface area contributed by atoms with Gasteiger partial charge in [-0.2, -0.15) is 5.10 Å². The third-order valence-corrected chi connectivity index (χ3v) is 8.71. The fourth-order valence-electron chi connectivity index (χ4n) is 6.16. The van der Waals surface area contributed by atoms with Gasteiger partial charge >= 0.3 is 5.97 Å². The molecule has 0 saturated heterocycles. The lowest BCUT2D eigenvalue weighted by Crippen LogP contribution is -2.39. The van der Waals surface area contributed by atoms with E-state index in [1.807, 2.05) is 30.0 Å². The number of hydrogen-bond acceptors (Lipinski definition) is 5. The van der Waals surface area contributed by atoms with Gasteiger partial charge in [0.1, 0.15) is 17.2 Å². The number of benzene rings is 2. The summed E-state index contributed by atoms with van der Waals surface area (Å²) in [6.07, 6.45) is 2.74. The average molecular weight is 557 g/mol. The third-order valence-electron chi connectivity index (χ3n) is 8.71. The minimum atomic E-state index is -1.92. The molecule has 2 aromatic carbocycles. The summed E-state index contributed by atoms with van der Waals surface area (Å²) < 4.78 is 37.4. The van der Waals surface area contributed by atoms with E-state index in [0.717, 1.165) is 36.6 Å². The van der Waals surface area contributed by atoms with E-state index >= 15 is 8.78 Å². The molecule has 41 heavy (non-hydrogen) atoms. The highest BCUT2D eigenvalue weighted by atomic mass is 19.1. The van der Waals surface area contributed by atoms with Gasteiger partial charge in [0.2, 0.25) is 0 Å². The molecule has 9 heteroatoms. The number of halogens is 2. The van der Waals surface area contributed by atoms with Crippen molar-refractivity contribution in [2.45, 2.75) is 57.2 Å². The van der Waals surface area contributed by atoms with E-state index in [0.29, 0.717) is 23.6 Å². The molecule has 0 N–H and O–H groups in total. The number of esters is 1. The Kier molecular flexibility index (Phi) is 5.96. The molecule has 1 unspecified atom stereocenters. The quantitative estimate of drug-likeness (QED) is 0.276. The van der Waals surface area contributed by atoms with E-state index in [2.05, 4.69) is 22.2 Å². The summed E-state index contributed by atoms with van der Waals surface area (Å²) in [5.74, 6) is -2.04. The number of nitrogens with zero attached hydrogens (tertiary/aromatic N) is 4. The maximum absolute atomic E-state index is 15.4. The minimum absolute atomic E-state index is 0.0221. The first-order valence-corrected chi connectivity index (χ1v) is 14.2. The molecule has 1 amide bonds. The Balaban J connectivity index is 1.21. The van der Waals surface area contributed by atoms with Crippen LogP contribution in [-0.4, -0.2) is 44.5 Å². The Morgan fingerprint density at radius 2 is 1.93 bits per heavy atom. The second kappa shape index (κ2) is 9.46. The molecule has 2 aromatic heterocycles. The lowest BCUT2D eigenvalue weighted by Gasteiger charge is -2.35. The average Bonchev–Trinajstić information content (AvgIpc) is 3.89. The molecule has 1 aliphatic heterocycles.